The van der Waals surface area contributed by atoms with E-state index < -0.39 is 6.09 Å². The van der Waals surface area contributed by atoms with Crippen molar-refractivity contribution in [2.45, 2.75) is 20.5 Å². The fraction of sp³-hybridized carbons (Fsp3) is 0.167. The van der Waals surface area contributed by atoms with Gasteiger partial charge >= 0.3 is 6.09 Å². The van der Waals surface area contributed by atoms with Crippen molar-refractivity contribution in [1.82, 2.24) is 9.97 Å². The van der Waals surface area contributed by atoms with Crippen LogP contribution in [0, 0.1) is 13.8 Å². The molecule has 26 heavy (non-hydrogen) atoms. The molecule has 0 spiro atoms. The number of carbonyl (C=O) groups excluding carboxylic acids is 1. The van der Waals surface area contributed by atoms with Gasteiger partial charge in [-0.3, -0.25) is 10.3 Å². The normalized spacial score (nSPS) is 10.4. The van der Waals surface area contributed by atoms with Crippen molar-refractivity contribution in [2.24, 2.45) is 0 Å². The number of aromatic nitrogens is 2. The third-order valence-corrected chi connectivity index (χ3v) is 4.27. The summed E-state index contributed by atoms with van der Waals surface area (Å²) in [7, 11) is 0. The number of carbonyl (C=O) groups is 1. The average molecular weight is 370 g/mol. The van der Waals surface area contributed by atoms with Crippen LogP contribution in [0.15, 0.2) is 42.6 Å². The molecule has 0 aliphatic rings. The number of thiazole rings is 1. The molecule has 0 bridgehead atoms. The van der Waals surface area contributed by atoms with Crippen molar-refractivity contribution in [2.75, 3.05) is 10.6 Å². The highest BCUT2D eigenvalue weighted by Gasteiger charge is 2.15. The van der Waals surface area contributed by atoms with Gasteiger partial charge in [-0.2, -0.15) is 0 Å². The molecule has 3 aromatic rings. The highest BCUT2D eigenvalue weighted by molar-refractivity contribution is 7.16. The molecule has 1 aromatic carbocycles. The number of benzene rings is 1. The summed E-state index contributed by atoms with van der Waals surface area (Å²) >= 11 is 1.37. The van der Waals surface area contributed by atoms with Gasteiger partial charge < -0.3 is 15.2 Å². The van der Waals surface area contributed by atoms with Crippen molar-refractivity contribution in [3.8, 4) is 5.88 Å². The van der Waals surface area contributed by atoms with Crippen LogP contribution >= 0.6 is 11.3 Å². The molecule has 0 aliphatic carbocycles. The Morgan fingerprint density at radius 2 is 2.08 bits per heavy atom. The summed E-state index contributed by atoms with van der Waals surface area (Å²) in [4.78, 5) is 20.5. The first-order valence-corrected chi connectivity index (χ1v) is 8.71. The summed E-state index contributed by atoms with van der Waals surface area (Å²) in [5.41, 5.74) is 2.94. The van der Waals surface area contributed by atoms with E-state index in [-0.39, 0.29) is 12.5 Å². The van der Waals surface area contributed by atoms with Gasteiger partial charge in [-0.25, -0.2) is 9.78 Å². The Balaban J connectivity index is 1.73. The Morgan fingerprint density at radius 3 is 2.85 bits per heavy atom. The number of pyridine rings is 1. The van der Waals surface area contributed by atoms with Gasteiger partial charge in [0.1, 0.15) is 0 Å². The maximum atomic E-state index is 12.2. The number of aryl methyl sites for hydroxylation is 2. The standard InChI is InChI=1S/C18H18N4O3S/c1-11-8-15(6-7-19-11)22-18(24)25-16-17(26-12(2)20-16)21-14-5-3-4-13(9-14)10-23/h3-9,21,23H,10H2,1-2H3,(H,19,22,24). The summed E-state index contributed by atoms with van der Waals surface area (Å²) in [5, 5.41) is 16.4. The van der Waals surface area contributed by atoms with Crippen molar-refractivity contribution in [1.29, 1.82) is 0 Å². The van der Waals surface area contributed by atoms with E-state index >= 15 is 0 Å². The lowest BCUT2D eigenvalue weighted by atomic mass is 10.2. The van der Waals surface area contributed by atoms with E-state index in [4.69, 9.17) is 4.74 Å². The lowest BCUT2D eigenvalue weighted by Crippen LogP contribution is -2.17. The number of hydrogen-bond donors (Lipinski definition) is 3. The minimum Gasteiger partial charge on any atom is -0.392 e. The second-order valence-corrected chi connectivity index (χ2v) is 6.75. The Morgan fingerprint density at radius 1 is 1.23 bits per heavy atom. The molecular formula is C18H18N4O3S. The zero-order chi connectivity index (χ0) is 18.5. The minimum atomic E-state index is -0.631. The third-order valence-electron chi connectivity index (χ3n) is 3.40. The van der Waals surface area contributed by atoms with E-state index in [2.05, 4.69) is 20.6 Å². The molecule has 0 aliphatic heterocycles. The number of aliphatic hydroxyl groups excluding tert-OH is 1. The highest BCUT2D eigenvalue weighted by atomic mass is 32.1. The van der Waals surface area contributed by atoms with Crippen molar-refractivity contribution in [3.05, 3.63) is 58.9 Å². The van der Waals surface area contributed by atoms with Gasteiger partial charge in [-0.05, 0) is 43.7 Å². The van der Waals surface area contributed by atoms with E-state index in [0.717, 1.165) is 22.0 Å². The number of nitrogens with zero attached hydrogens (tertiary/aromatic N) is 2. The Bertz CT molecular complexity index is 926. The first kappa shape index (κ1) is 17.8. The van der Waals surface area contributed by atoms with Crippen molar-refractivity contribution < 1.29 is 14.6 Å². The number of aliphatic hydroxyl groups is 1. The summed E-state index contributed by atoms with van der Waals surface area (Å²) in [5.74, 6) is 0.199. The van der Waals surface area contributed by atoms with E-state index in [1.54, 1.807) is 18.3 Å². The molecule has 0 saturated carbocycles. The first-order valence-electron chi connectivity index (χ1n) is 7.89. The summed E-state index contributed by atoms with van der Waals surface area (Å²) in [6, 6.07) is 10.8. The van der Waals surface area contributed by atoms with Crippen LogP contribution in [0.2, 0.25) is 0 Å². The molecule has 134 valence electrons. The molecule has 2 heterocycles. The maximum absolute atomic E-state index is 12.2. The second-order valence-electron chi connectivity index (χ2n) is 5.55. The number of rotatable bonds is 5. The summed E-state index contributed by atoms with van der Waals surface area (Å²) in [6.07, 6.45) is 0.979. The number of hydrogen-bond acceptors (Lipinski definition) is 7. The van der Waals surface area contributed by atoms with Crippen molar-refractivity contribution >= 4 is 33.8 Å². The molecular weight excluding hydrogens is 352 g/mol. The monoisotopic (exact) mass is 370 g/mol. The smallest absolute Gasteiger partial charge is 0.392 e. The van der Waals surface area contributed by atoms with Crippen LogP contribution in [0.5, 0.6) is 5.88 Å². The fourth-order valence-electron chi connectivity index (χ4n) is 2.29. The average Bonchev–Trinajstić information content (AvgIpc) is 2.93. The lowest BCUT2D eigenvalue weighted by molar-refractivity contribution is 0.214. The minimum absolute atomic E-state index is 0.0473. The first-order chi connectivity index (χ1) is 12.5. The molecule has 0 saturated heterocycles. The predicted octanol–water partition coefficient (Wildman–Crippen LogP) is 4.00. The molecule has 2 aromatic heterocycles. The van der Waals surface area contributed by atoms with Gasteiger partial charge in [0.2, 0.25) is 0 Å². The van der Waals surface area contributed by atoms with Crippen LogP contribution in [-0.4, -0.2) is 21.2 Å². The van der Waals surface area contributed by atoms with Gasteiger partial charge in [-0.1, -0.05) is 23.5 Å². The van der Waals surface area contributed by atoms with Crippen LogP contribution in [0.4, 0.5) is 21.2 Å². The Kier molecular flexibility index (Phi) is 5.45. The van der Waals surface area contributed by atoms with Gasteiger partial charge in [0, 0.05) is 23.3 Å². The van der Waals surface area contributed by atoms with Gasteiger partial charge in [0.25, 0.3) is 5.88 Å². The number of amides is 1. The highest BCUT2D eigenvalue weighted by Crippen LogP contribution is 2.34. The molecule has 7 nitrogen and oxygen atoms in total. The van der Waals surface area contributed by atoms with Crippen LogP contribution in [0.25, 0.3) is 0 Å². The lowest BCUT2D eigenvalue weighted by Gasteiger charge is -2.09. The van der Waals surface area contributed by atoms with Crippen molar-refractivity contribution in [3.63, 3.8) is 0 Å². The zero-order valence-electron chi connectivity index (χ0n) is 14.3. The van der Waals surface area contributed by atoms with E-state index in [0.29, 0.717) is 10.7 Å². The molecule has 8 heteroatoms. The molecule has 1 amide bonds. The molecule has 3 rings (SSSR count). The van der Waals surface area contributed by atoms with E-state index in [1.165, 1.54) is 11.3 Å². The van der Waals surface area contributed by atoms with E-state index in [9.17, 15) is 9.90 Å². The zero-order valence-corrected chi connectivity index (χ0v) is 15.1. The number of anilines is 3. The van der Waals surface area contributed by atoms with Crippen LogP contribution in [0.3, 0.4) is 0 Å². The van der Waals surface area contributed by atoms with Gasteiger partial charge in [-0.15, -0.1) is 0 Å². The fourth-order valence-corrected chi connectivity index (χ4v) is 3.06. The SMILES string of the molecule is Cc1cc(NC(=O)Oc2nc(C)sc2Nc2cccc(CO)c2)ccn1. The van der Waals surface area contributed by atoms with Gasteiger partial charge in [0.05, 0.1) is 11.6 Å². The second kappa shape index (κ2) is 7.94. The summed E-state index contributed by atoms with van der Waals surface area (Å²) < 4.78 is 5.36. The molecule has 0 fully saturated rings. The molecule has 3 N–H and O–H groups in total. The molecule has 0 atom stereocenters. The molecule has 0 radical (unpaired) electrons. The Labute approximate surface area is 154 Å². The van der Waals surface area contributed by atoms with Gasteiger partial charge in [0.15, 0.2) is 5.00 Å². The van der Waals surface area contributed by atoms with E-state index in [1.807, 2.05) is 38.1 Å². The quantitative estimate of drug-likeness (QED) is 0.628. The van der Waals surface area contributed by atoms with Crippen LogP contribution in [0.1, 0.15) is 16.3 Å². The van der Waals surface area contributed by atoms with Crippen LogP contribution in [-0.2, 0) is 6.61 Å². The predicted molar refractivity (Wildman–Crippen MR) is 101 cm³/mol. The maximum Gasteiger partial charge on any atom is 0.418 e. The number of ether oxygens (including phenoxy) is 1. The number of nitrogens with one attached hydrogen (secondary N) is 2. The summed E-state index contributed by atoms with van der Waals surface area (Å²) in [6.45, 7) is 3.62. The largest absolute Gasteiger partial charge is 0.418 e. The van der Waals surface area contributed by atoms with Crippen LogP contribution < -0.4 is 15.4 Å². The third kappa shape index (κ3) is 4.56. The Hall–Kier alpha value is -2.97. The molecule has 0 unspecified atom stereocenters. The topological polar surface area (TPSA) is 96.4 Å².